The Balaban J connectivity index is 1.77. The maximum Gasteiger partial charge on any atom is 0.338 e. The quantitative estimate of drug-likeness (QED) is 0.821. The zero-order valence-electron chi connectivity index (χ0n) is 15.1. The van der Waals surface area contributed by atoms with Crippen molar-refractivity contribution in [1.29, 1.82) is 0 Å². The summed E-state index contributed by atoms with van der Waals surface area (Å²) in [5, 5.41) is 5.03. The van der Waals surface area contributed by atoms with Crippen LogP contribution in [0.2, 0.25) is 0 Å². The van der Waals surface area contributed by atoms with Crippen LogP contribution in [0.3, 0.4) is 0 Å². The van der Waals surface area contributed by atoms with E-state index in [4.69, 9.17) is 4.74 Å². The largest absolute Gasteiger partial charge is 0.452 e. The molecule has 0 unspecified atom stereocenters. The molecule has 2 rings (SSSR count). The number of imide groups is 1. The van der Waals surface area contributed by atoms with Crippen molar-refractivity contribution in [2.45, 2.75) is 52.5 Å². The van der Waals surface area contributed by atoms with E-state index in [0.29, 0.717) is 11.5 Å². The summed E-state index contributed by atoms with van der Waals surface area (Å²) in [4.78, 5) is 35.7. The van der Waals surface area contributed by atoms with Gasteiger partial charge in [0.05, 0.1) is 5.56 Å². The van der Waals surface area contributed by atoms with Crippen molar-refractivity contribution < 1.29 is 19.1 Å². The highest BCUT2D eigenvalue weighted by Gasteiger charge is 2.23. The Labute approximate surface area is 148 Å². The fraction of sp³-hybridized carbons (Fsp3) is 0.526. The second-order valence-corrected chi connectivity index (χ2v) is 6.78. The van der Waals surface area contributed by atoms with E-state index in [1.807, 2.05) is 26.0 Å². The Morgan fingerprint density at radius 3 is 2.56 bits per heavy atom. The van der Waals surface area contributed by atoms with Crippen molar-refractivity contribution >= 4 is 17.9 Å². The first-order chi connectivity index (χ1) is 11.9. The monoisotopic (exact) mass is 346 g/mol. The Kier molecular flexibility index (Phi) is 6.56. The molecule has 1 saturated carbocycles. The molecule has 1 aromatic carbocycles. The molecule has 0 radical (unpaired) electrons. The van der Waals surface area contributed by atoms with E-state index in [1.54, 1.807) is 6.07 Å². The topological polar surface area (TPSA) is 84.5 Å². The van der Waals surface area contributed by atoms with Gasteiger partial charge in [-0.2, -0.15) is 0 Å². The number of urea groups is 1. The summed E-state index contributed by atoms with van der Waals surface area (Å²) in [5.74, 6) is -0.815. The molecule has 1 aliphatic carbocycles. The molecular weight excluding hydrogens is 320 g/mol. The van der Waals surface area contributed by atoms with Crippen molar-refractivity contribution in [3.8, 4) is 0 Å². The molecule has 136 valence electrons. The maximum atomic E-state index is 12.0. The predicted molar refractivity (Wildman–Crippen MR) is 94.3 cm³/mol. The molecule has 1 aliphatic rings. The summed E-state index contributed by atoms with van der Waals surface area (Å²) in [6, 6.07) is 4.89. The van der Waals surface area contributed by atoms with Crippen LogP contribution in [0.25, 0.3) is 0 Å². The number of rotatable bonds is 4. The van der Waals surface area contributed by atoms with Crippen molar-refractivity contribution in [2.75, 3.05) is 6.61 Å². The third-order valence-corrected chi connectivity index (χ3v) is 4.62. The Hall–Kier alpha value is -2.37. The lowest BCUT2D eigenvalue weighted by molar-refractivity contribution is -0.123. The van der Waals surface area contributed by atoms with Gasteiger partial charge in [0, 0.05) is 6.04 Å². The molecule has 3 amide bonds. The van der Waals surface area contributed by atoms with E-state index in [-0.39, 0.29) is 6.04 Å². The Bertz CT molecular complexity index is 657. The first-order valence-electron chi connectivity index (χ1n) is 8.71. The van der Waals surface area contributed by atoms with Gasteiger partial charge in [0.2, 0.25) is 0 Å². The normalized spacial score (nSPS) is 19.8. The van der Waals surface area contributed by atoms with Crippen LogP contribution in [0.15, 0.2) is 18.2 Å². The summed E-state index contributed by atoms with van der Waals surface area (Å²) in [6.07, 6.45) is 4.25. The molecule has 0 bridgehead atoms. The van der Waals surface area contributed by atoms with Crippen molar-refractivity contribution in [3.05, 3.63) is 34.9 Å². The first kappa shape index (κ1) is 19.0. The molecule has 6 heteroatoms. The van der Waals surface area contributed by atoms with Gasteiger partial charge in [0.25, 0.3) is 5.91 Å². The SMILES string of the molecule is Cc1ccc(C(=O)OCC(=O)NC(=O)N[C@@H]2CCCC[C@H]2C)c(C)c1. The number of carbonyl (C=O) groups excluding carboxylic acids is 3. The summed E-state index contributed by atoms with van der Waals surface area (Å²) < 4.78 is 4.99. The number of benzene rings is 1. The second-order valence-electron chi connectivity index (χ2n) is 6.78. The predicted octanol–water partition coefficient (Wildman–Crippen LogP) is 2.86. The van der Waals surface area contributed by atoms with Gasteiger partial charge in [-0.25, -0.2) is 9.59 Å². The van der Waals surface area contributed by atoms with Crippen molar-refractivity contribution in [3.63, 3.8) is 0 Å². The molecule has 0 heterocycles. The van der Waals surface area contributed by atoms with Gasteiger partial charge < -0.3 is 10.1 Å². The number of ether oxygens (including phenoxy) is 1. The van der Waals surface area contributed by atoms with Crippen LogP contribution >= 0.6 is 0 Å². The molecule has 2 atom stereocenters. The molecule has 0 aromatic heterocycles. The average molecular weight is 346 g/mol. The number of carbonyl (C=O) groups is 3. The van der Waals surface area contributed by atoms with Gasteiger partial charge in [-0.05, 0) is 44.2 Å². The molecule has 25 heavy (non-hydrogen) atoms. The summed E-state index contributed by atoms with van der Waals surface area (Å²) in [5.41, 5.74) is 2.24. The summed E-state index contributed by atoms with van der Waals surface area (Å²) >= 11 is 0. The lowest BCUT2D eigenvalue weighted by Gasteiger charge is -2.29. The molecule has 2 N–H and O–H groups in total. The van der Waals surface area contributed by atoms with E-state index in [2.05, 4.69) is 17.6 Å². The minimum atomic E-state index is -0.640. The third kappa shape index (κ3) is 5.59. The molecular formula is C19H26N2O4. The van der Waals surface area contributed by atoms with Gasteiger partial charge in [0.15, 0.2) is 6.61 Å². The highest BCUT2D eigenvalue weighted by molar-refractivity contribution is 5.97. The Morgan fingerprint density at radius 2 is 1.88 bits per heavy atom. The van der Waals surface area contributed by atoms with Crippen LogP contribution in [0.1, 0.15) is 54.1 Å². The van der Waals surface area contributed by atoms with Gasteiger partial charge in [-0.15, -0.1) is 0 Å². The van der Waals surface area contributed by atoms with E-state index >= 15 is 0 Å². The summed E-state index contributed by atoms with van der Waals surface area (Å²) in [7, 11) is 0. The number of nitrogens with one attached hydrogen (secondary N) is 2. The highest BCUT2D eigenvalue weighted by Crippen LogP contribution is 2.23. The number of aryl methyl sites for hydroxylation is 2. The number of esters is 1. The van der Waals surface area contributed by atoms with Gasteiger partial charge >= 0.3 is 12.0 Å². The van der Waals surface area contributed by atoms with Crippen molar-refractivity contribution in [1.82, 2.24) is 10.6 Å². The minimum Gasteiger partial charge on any atom is -0.452 e. The average Bonchev–Trinajstić information content (AvgIpc) is 2.54. The van der Waals surface area contributed by atoms with Crippen molar-refractivity contribution in [2.24, 2.45) is 5.92 Å². The van der Waals surface area contributed by atoms with Crippen LogP contribution in [0, 0.1) is 19.8 Å². The fourth-order valence-electron chi connectivity index (χ4n) is 3.15. The van der Waals surface area contributed by atoms with E-state index in [0.717, 1.165) is 30.4 Å². The van der Waals surface area contributed by atoms with E-state index < -0.39 is 24.5 Å². The fourth-order valence-corrected chi connectivity index (χ4v) is 3.15. The standard InChI is InChI=1S/C19H26N2O4/c1-12-8-9-15(14(3)10-12)18(23)25-11-17(22)21-19(24)20-16-7-5-4-6-13(16)2/h8-10,13,16H,4-7,11H2,1-3H3,(H2,20,21,22,24)/t13-,16-/m1/s1. The highest BCUT2D eigenvalue weighted by atomic mass is 16.5. The van der Waals surface area contributed by atoms with Gasteiger partial charge in [-0.1, -0.05) is 37.5 Å². The third-order valence-electron chi connectivity index (χ3n) is 4.62. The van der Waals surface area contributed by atoms with Crippen LogP contribution < -0.4 is 10.6 Å². The Morgan fingerprint density at radius 1 is 1.16 bits per heavy atom. The minimum absolute atomic E-state index is 0.0827. The zero-order chi connectivity index (χ0) is 18.4. The van der Waals surface area contributed by atoms with Crippen LogP contribution in [0.5, 0.6) is 0 Å². The molecule has 1 fully saturated rings. The van der Waals surface area contributed by atoms with Crippen LogP contribution in [-0.4, -0.2) is 30.6 Å². The van der Waals surface area contributed by atoms with Crippen LogP contribution in [0.4, 0.5) is 4.79 Å². The number of amides is 3. The molecule has 0 spiro atoms. The zero-order valence-corrected chi connectivity index (χ0v) is 15.1. The molecule has 0 aliphatic heterocycles. The molecule has 0 saturated heterocycles. The number of hydrogen-bond donors (Lipinski definition) is 2. The number of hydrogen-bond acceptors (Lipinski definition) is 4. The second kappa shape index (κ2) is 8.65. The van der Waals surface area contributed by atoms with E-state index in [9.17, 15) is 14.4 Å². The van der Waals surface area contributed by atoms with Gasteiger partial charge in [-0.3, -0.25) is 10.1 Å². The maximum absolute atomic E-state index is 12.0. The lowest BCUT2D eigenvalue weighted by Crippen LogP contribution is -2.48. The summed E-state index contributed by atoms with van der Waals surface area (Å²) in [6.45, 7) is 5.35. The van der Waals surface area contributed by atoms with E-state index in [1.165, 1.54) is 6.42 Å². The smallest absolute Gasteiger partial charge is 0.338 e. The molecule has 6 nitrogen and oxygen atoms in total. The lowest BCUT2D eigenvalue weighted by atomic mass is 9.86. The first-order valence-corrected chi connectivity index (χ1v) is 8.71. The van der Waals surface area contributed by atoms with Gasteiger partial charge in [0.1, 0.15) is 0 Å². The van der Waals surface area contributed by atoms with Crippen LogP contribution in [-0.2, 0) is 9.53 Å². The molecule has 1 aromatic rings.